The Bertz CT molecular complexity index is 695. The number of esters is 1. The van der Waals surface area contributed by atoms with Gasteiger partial charge in [0.25, 0.3) is 5.91 Å². The summed E-state index contributed by atoms with van der Waals surface area (Å²) in [6.45, 7) is 1.47. The number of amides is 1. The molecular weight excluding hydrogens is 354 g/mol. The van der Waals surface area contributed by atoms with Crippen LogP contribution < -0.4 is 10.1 Å². The molecule has 0 bridgehead atoms. The first-order chi connectivity index (χ1) is 10.5. The quantitative estimate of drug-likeness (QED) is 0.821. The van der Waals surface area contributed by atoms with Crippen molar-refractivity contribution >= 4 is 33.5 Å². The van der Waals surface area contributed by atoms with Gasteiger partial charge in [-0.1, -0.05) is 6.07 Å². The highest BCUT2D eigenvalue weighted by Crippen LogP contribution is 2.25. The van der Waals surface area contributed by atoms with Crippen LogP contribution >= 0.6 is 15.9 Å². The maximum absolute atomic E-state index is 11.8. The minimum atomic E-state index is -0.711. The first kappa shape index (κ1) is 16.1. The average molecular weight is 368 g/mol. The summed E-state index contributed by atoms with van der Waals surface area (Å²) in [6, 6.07) is 8.39. The SMILES string of the molecule is COc1ccc(C)cc1NC(=O)COC(=O)c1ccc(Br)o1. The van der Waals surface area contributed by atoms with E-state index in [1.807, 2.05) is 13.0 Å². The third-order valence-electron chi connectivity index (χ3n) is 2.74. The zero-order chi connectivity index (χ0) is 16.1. The van der Waals surface area contributed by atoms with Crippen molar-refractivity contribution in [3.8, 4) is 5.75 Å². The van der Waals surface area contributed by atoms with Gasteiger partial charge in [0.15, 0.2) is 11.3 Å². The van der Waals surface area contributed by atoms with Gasteiger partial charge in [-0.15, -0.1) is 0 Å². The zero-order valence-corrected chi connectivity index (χ0v) is 13.6. The van der Waals surface area contributed by atoms with Crippen molar-refractivity contribution in [1.29, 1.82) is 0 Å². The number of rotatable bonds is 5. The molecule has 0 aliphatic heterocycles. The number of aryl methyl sites for hydroxylation is 1. The number of hydrogen-bond acceptors (Lipinski definition) is 5. The van der Waals surface area contributed by atoms with Crippen LogP contribution in [-0.2, 0) is 9.53 Å². The average Bonchev–Trinajstić information content (AvgIpc) is 2.92. The number of nitrogens with one attached hydrogen (secondary N) is 1. The number of furan rings is 1. The van der Waals surface area contributed by atoms with Gasteiger partial charge in [0.1, 0.15) is 5.75 Å². The fourth-order valence-corrected chi connectivity index (χ4v) is 2.04. The molecule has 22 heavy (non-hydrogen) atoms. The van der Waals surface area contributed by atoms with Crippen molar-refractivity contribution in [2.75, 3.05) is 19.0 Å². The number of hydrogen-bond donors (Lipinski definition) is 1. The van der Waals surface area contributed by atoms with E-state index in [2.05, 4.69) is 21.2 Å². The molecule has 1 amide bonds. The smallest absolute Gasteiger partial charge is 0.374 e. The summed E-state index contributed by atoms with van der Waals surface area (Å²) in [5.41, 5.74) is 1.48. The molecular formula is C15H14BrNO5. The molecule has 0 atom stereocenters. The number of carbonyl (C=O) groups excluding carboxylic acids is 2. The Morgan fingerprint density at radius 2 is 2.05 bits per heavy atom. The first-order valence-electron chi connectivity index (χ1n) is 6.36. The largest absolute Gasteiger partial charge is 0.495 e. The maximum Gasteiger partial charge on any atom is 0.374 e. The molecule has 1 aromatic heterocycles. The van der Waals surface area contributed by atoms with E-state index in [-0.39, 0.29) is 5.76 Å². The fraction of sp³-hybridized carbons (Fsp3) is 0.200. The second kappa shape index (κ2) is 7.13. The Labute approximate surface area is 135 Å². The first-order valence-corrected chi connectivity index (χ1v) is 7.16. The van der Waals surface area contributed by atoms with Crippen molar-refractivity contribution in [2.45, 2.75) is 6.92 Å². The number of anilines is 1. The highest BCUT2D eigenvalue weighted by molar-refractivity contribution is 9.10. The van der Waals surface area contributed by atoms with Crippen LogP contribution in [0.5, 0.6) is 5.75 Å². The van der Waals surface area contributed by atoms with Gasteiger partial charge in [-0.2, -0.15) is 0 Å². The normalized spacial score (nSPS) is 10.1. The van der Waals surface area contributed by atoms with Gasteiger partial charge in [-0.3, -0.25) is 4.79 Å². The standard InChI is InChI=1S/C15H14BrNO5/c1-9-3-4-11(20-2)10(7-9)17-14(18)8-21-15(19)12-5-6-13(16)22-12/h3-7H,8H2,1-2H3,(H,17,18). The van der Waals surface area contributed by atoms with E-state index < -0.39 is 18.5 Å². The molecule has 116 valence electrons. The lowest BCUT2D eigenvalue weighted by Crippen LogP contribution is -2.21. The van der Waals surface area contributed by atoms with Gasteiger partial charge >= 0.3 is 5.97 Å². The maximum atomic E-state index is 11.8. The van der Waals surface area contributed by atoms with Crippen molar-refractivity contribution in [2.24, 2.45) is 0 Å². The third-order valence-corrected chi connectivity index (χ3v) is 3.16. The number of halogens is 1. The van der Waals surface area contributed by atoms with Crippen LogP contribution in [0.3, 0.4) is 0 Å². The van der Waals surface area contributed by atoms with Gasteiger partial charge in [-0.05, 0) is 52.7 Å². The minimum absolute atomic E-state index is 0.0211. The zero-order valence-electron chi connectivity index (χ0n) is 12.0. The van der Waals surface area contributed by atoms with Crippen LogP contribution in [0.2, 0.25) is 0 Å². The fourth-order valence-electron chi connectivity index (χ4n) is 1.73. The molecule has 1 heterocycles. The van der Waals surface area contributed by atoms with Gasteiger partial charge in [-0.25, -0.2) is 4.79 Å². The molecule has 0 aliphatic rings. The molecule has 7 heteroatoms. The molecule has 0 saturated carbocycles. The lowest BCUT2D eigenvalue weighted by molar-refractivity contribution is -0.119. The second-order valence-corrected chi connectivity index (χ2v) is 5.21. The van der Waals surface area contributed by atoms with Crippen LogP contribution in [0, 0.1) is 6.92 Å². The van der Waals surface area contributed by atoms with E-state index in [4.69, 9.17) is 13.9 Å². The number of ether oxygens (including phenoxy) is 2. The highest BCUT2D eigenvalue weighted by Gasteiger charge is 2.15. The van der Waals surface area contributed by atoms with Crippen LogP contribution in [0.4, 0.5) is 5.69 Å². The molecule has 0 saturated heterocycles. The highest BCUT2D eigenvalue weighted by atomic mass is 79.9. The summed E-state index contributed by atoms with van der Waals surface area (Å²) in [5.74, 6) is -0.631. The van der Waals surface area contributed by atoms with Crippen LogP contribution in [0.15, 0.2) is 39.4 Å². The summed E-state index contributed by atoms with van der Waals surface area (Å²) >= 11 is 3.08. The lowest BCUT2D eigenvalue weighted by Gasteiger charge is -2.11. The Hall–Kier alpha value is -2.28. The lowest BCUT2D eigenvalue weighted by atomic mass is 10.2. The summed E-state index contributed by atoms with van der Waals surface area (Å²) < 4.78 is 15.5. The van der Waals surface area contributed by atoms with E-state index in [0.717, 1.165) is 5.56 Å². The van der Waals surface area contributed by atoms with Crippen LogP contribution in [-0.4, -0.2) is 25.6 Å². The number of carbonyl (C=O) groups is 2. The van der Waals surface area contributed by atoms with Gasteiger partial charge in [0.05, 0.1) is 12.8 Å². The van der Waals surface area contributed by atoms with E-state index in [0.29, 0.717) is 16.1 Å². The molecule has 0 spiro atoms. The van der Waals surface area contributed by atoms with E-state index >= 15 is 0 Å². The molecule has 1 aromatic carbocycles. The Morgan fingerprint density at radius 3 is 2.68 bits per heavy atom. The Morgan fingerprint density at radius 1 is 1.27 bits per heavy atom. The Balaban J connectivity index is 1.93. The summed E-state index contributed by atoms with van der Waals surface area (Å²) in [7, 11) is 1.51. The number of methoxy groups -OCH3 is 1. The third kappa shape index (κ3) is 4.11. The van der Waals surface area contributed by atoms with Gasteiger partial charge < -0.3 is 19.2 Å². The molecule has 6 nitrogen and oxygen atoms in total. The molecule has 0 aliphatic carbocycles. The van der Waals surface area contributed by atoms with E-state index in [1.165, 1.54) is 13.2 Å². The van der Waals surface area contributed by atoms with Crippen molar-refractivity contribution in [1.82, 2.24) is 0 Å². The van der Waals surface area contributed by atoms with Crippen LogP contribution in [0.25, 0.3) is 0 Å². The van der Waals surface area contributed by atoms with Crippen LogP contribution in [0.1, 0.15) is 16.1 Å². The summed E-state index contributed by atoms with van der Waals surface area (Å²) in [6.07, 6.45) is 0. The molecule has 0 unspecified atom stereocenters. The Kier molecular flexibility index (Phi) is 5.21. The summed E-state index contributed by atoms with van der Waals surface area (Å²) in [5, 5.41) is 2.63. The molecule has 0 fully saturated rings. The molecule has 0 radical (unpaired) electrons. The van der Waals surface area contributed by atoms with Crippen molar-refractivity contribution in [3.05, 3.63) is 46.3 Å². The van der Waals surface area contributed by atoms with Gasteiger partial charge in [0.2, 0.25) is 5.76 Å². The van der Waals surface area contributed by atoms with Crippen molar-refractivity contribution < 1.29 is 23.5 Å². The second-order valence-electron chi connectivity index (χ2n) is 4.43. The molecule has 2 rings (SSSR count). The molecule has 2 aromatic rings. The van der Waals surface area contributed by atoms with E-state index in [9.17, 15) is 9.59 Å². The minimum Gasteiger partial charge on any atom is -0.495 e. The molecule has 1 N–H and O–H groups in total. The monoisotopic (exact) mass is 367 g/mol. The predicted octanol–water partition coefficient (Wildman–Crippen LogP) is 3.15. The van der Waals surface area contributed by atoms with E-state index in [1.54, 1.807) is 18.2 Å². The predicted molar refractivity (Wildman–Crippen MR) is 83.1 cm³/mol. The summed E-state index contributed by atoms with van der Waals surface area (Å²) in [4.78, 5) is 23.5. The number of benzene rings is 1. The van der Waals surface area contributed by atoms with Gasteiger partial charge in [0, 0.05) is 0 Å². The van der Waals surface area contributed by atoms with Crippen molar-refractivity contribution in [3.63, 3.8) is 0 Å². The topological polar surface area (TPSA) is 77.8 Å².